The average Bonchev–Trinajstić information content (AvgIpc) is 2.35. The molecule has 0 aliphatic heterocycles. The third kappa shape index (κ3) is 6.83. The van der Waals surface area contributed by atoms with Gasteiger partial charge in [0.2, 0.25) is 5.78 Å². The molecule has 0 aliphatic carbocycles. The van der Waals surface area contributed by atoms with Crippen LogP contribution in [0.25, 0.3) is 0 Å². The smallest absolute Gasteiger partial charge is 0.330 e. The summed E-state index contributed by atoms with van der Waals surface area (Å²) in [6.07, 6.45) is 4.51. The van der Waals surface area contributed by atoms with Gasteiger partial charge in [-0.25, -0.2) is 4.79 Å². The topological polar surface area (TPSA) is 72.5 Å². The molecule has 0 fully saturated rings. The van der Waals surface area contributed by atoms with Crippen molar-refractivity contribution >= 4 is 17.7 Å². The molecule has 5 heteroatoms. The van der Waals surface area contributed by atoms with Gasteiger partial charge in [-0.1, -0.05) is 26.3 Å². The third-order valence-corrected chi connectivity index (χ3v) is 2.24. The predicted octanol–water partition coefficient (Wildman–Crippen LogP) is 1.37. The molecule has 0 radical (unpaired) electrons. The second-order valence-electron chi connectivity index (χ2n) is 3.76. The van der Waals surface area contributed by atoms with Crippen LogP contribution in [0.2, 0.25) is 0 Å². The fourth-order valence-corrected chi connectivity index (χ4v) is 1.32. The summed E-state index contributed by atoms with van der Waals surface area (Å²) in [7, 11) is 0. The lowest BCUT2D eigenvalue weighted by Crippen LogP contribution is -2.38. The second-order valence-corrected chi connectivity index (χ2v) is 3.76. The van der Waals surface area contributed by atoms with Crippen molar-refractivity contribution in [2.75, 3.05) is 6.61 Å². The van der Waals surface area contributed by atoms with Gasteiger partial charge in [-0.3, -0.25) is 9.59 Å². The van der Waals surface area contributed by atoms with E-state index in [1.807, 2.05) is 6.92 Å². The molecule has 0 aliphatic rings. The van der Waals surface area contributed by atoms with Crippen LogP contribution in [0.4, 0.5) is 0 Å². The average molecular weight is 255 g/mol. The van der Waals surface area contributed by atoms with E-state index in [9.17, 15) is 14.4 Å². The van der Waals surface area contributed by atoms with Crippen LogP contribution in [0.1, 0.15) is 40.0 Å². The highest BCUT2D eigenvalue weighted by atomic mass is 16.5. The Morgan fingerprint density at radius 3 is 2.39 bits per heavy atom. The van der Waals surface area contributed by atoms with E-state index in [0.717, 1.165) is 6.42 Å². The highest BCUT2D eigenvalue weighted by Crippen LogP contribution is 2.00. The number of rotatable bonds is 8. The van der Waals surface area contributed by atoms with Gasteiger partial charge in [0.25, 0.3) is 5.91 Å². The lowest BCUT2D eigenvalue weighted by atomic mass is 10.1. The van der Waals surface area contributed by atoms with E-state index in [1.165, 1.54) is 6.08 Å². The van der Waals surface area contributed by atoms with Crippen molar-refractivity contribution in [1.82, 2.24) is 5.32 Å². The normalized spacial score (nSPS) is 12.2. The van der Waals surface area contributed by atoms with Crippen LogP contribution in [-0.4, -0.2) is 30.3 Å². The summed E-state index contributed by atoms with van der Waals surface area (Å²) in [6, 6.07) is -0.317. The maximum atomic E-state index is 11.4. The zero-order chi connectivity index (χ0) is 14.0. The molecule has 0 heterocycles. The van der Waals surface area contributed by atoms with Gasteiger partial charge in [0.05, 0.1) is 6.61 Å². The standard InChI is InChI=1S/C13H21NO4/c1-4-7-10(8-9-12(16)18-6-3)14-13(17)11(15)5-2/h8-10H,4-7H2,1-3H3,(H,14,17)/t10-/m0/s1. The van der Waals surface area contributed by atoms with E-state index in [4.69, 9.17) is 4.74 Å². The minimum Gasteiger partial charge on any atom is -0.463 e. The highest BCUT2D eigenvalue weighted by molar-refractivity contribution is 6.36. The van der Waals surface area contributed by atoms with Crippen LogP contribution in [0.3, 0.4) is 0 Å². The van der Waals surface area contributed by atoms with Crippen molar-refractivity contribution in [1.29, 1.82) is 0 Å². The van der Waals surface area contributed by atoms with E-state index in [0.29, 0.717) is 13.0 Å². The van der Waals surface area contributed by atoms with Gasteiger partial charge in [0.15, 0.2) is 0 Å². The first-order valence-electron chi connectivity index (χ1n) is 6.23. The van der Waals surface area contributed by atoms with Crippen LogP contribution >= 0.6 is 0 Å². The van der Waals surface area contributed by atoms with E-state index in [1.54, 1.807) is 19.9 Å². The molecule has 0 rings (SSSR count). The summed E-state index contributed by atoms with van der Waals surface area (Å²) in [6.45, 7) is 5.61. The van der Waals surface area contributed by atoms with Crippen molar-refractivity contribution < 1.29 is 19.1 Å². The monoisotopic (exact) mass is 255 g/mol. The number of hydrogen-bond donors (Lipinski definition) is 1. The quantitative estimate of drug-likeness (QED) is 0.404. The Labute approximate surface area is 108 Å². The Morgan fingerprint density at radius 2 is 1.89 bits per heavy atom. The highest BCUT2D eigenvalue weighted by Gasteiger charge is 2.14. The number of nitrogens with one attached hydrogen (secondary N) is 1. The molecular weight excluding hydrogens is 234 g/mol. The number of esters is 1. The molecule has 0 saturated carbocycles. The Kier molecular flexibility index (Phi) is 8.53. The number of carbonyl (C=O) groups excluding carboxylic acids is 3. The fourth-order valence-electron chi connectivity index (χ4n) is 1.32. The molecule has 1 atom stereocenters. The molecule has 0 bridgehead atoms. The van der Waals surface area contributed by atoms with Crippen LogP contribution in [0.15, 0.2) is 12.2 Å². The predicted molar refractivity (Wildman–Crippen MR) is 67.9 cm³/mol. The Morgan fingerprint density at radius 1 is 1.22 bits per heavy atom. The van der Waals surface area contributed by atoms with Crippen LogP contribution in [0, 0.1) is 0 Å². The summed E-state index contributed by atoms with van der Waals surface area (Å²) in [4.78, 5) is 33.7. The fraction of sp³-hybridized carbons (Fsp3) is 0.615. The molecule has 0 unspecified atom stereocenters. The third-order valence-electron chi connectivity index (χ3n) is 2.24. The summed E-state index contributed by atoms with van der Waals surface area (Å²) < 4.78 is 4.74. The minimum absolute atomic E-state index is 0.173. The van der Waals surface area contributed by atoms with Gasteiger partial charge in [0.1, 0.15) is 0 Å². The minimum atomic E-state index is -0.607. The Bertz CT molecular complexity index is 323. The van der Waals surface area contributed by atoms with Crippen LogP contribution in [-0.2, 0) is 19.1 Å². The molecular formula is C13H21NO4. The number of hydrogen-bond acceptors (Lipinski definition) is 4. The molecule has 0 aromatic carbocycles. The molecule has 1 N–H and O–H groups in total. The van der Waals surface area contributed by atoms with Gasteiger partial charge < -0.3 is 10.1 Å². The first-order chi connectivity index (χ1) is 8.54. The number of carbonyl (C=O) groups is 3. The molecule has 1 amide bonds. The van der Waals surface area contributed by atoms with Crippen molar-refractivity contribution in [2.45, 2.75) is 46.1 Å². The molecule has 18 heavy (non-hydrogen) atoms. The van der Waals surface area contributed by atoms with Gasteiger partial charge in [0, 0.05) is 18.5 Å². The number of ketones is 1. The lowest BCUT2D eigenvalue weighted by molar-refractivity contribution is -0.138. The summed E-state index contributed by atoms with van der Waals surface area (Å²) in [5.41, 5.74) is 0. The van der Waals surface area contributed by atoms with E-state index in [-0.39, 0.29) is 12.5 Å². The molecule has 0 aromatic heterocycles. The maximum absolute atomic E-state index is 11.4. The van der Waals surface area contributed by atoms with Crippen molar-refractivity contribution in [3.8, 4) is 0 Å². The van der Waals surface area contributed by atoms with Crippen LogP contribution < -0.4 is 5.32 Å². The summed E-state index contributed by atoms with van der Waals surface area (Å²) >= 11 is 0. The summed E-state index contributed by atoms with van der Waals surface area (Å²) in [5.74, 6) is -1.51. The second kappa shape index (κ2) is 9.39. The lowest BCUT2D eigenvalue weighted by Gasteiger charge is -2.13. The molecule has 102 valence electrons. The largest absolute Gasteiger partial charge is 0.463 e. The molecule has 0 saturated heterocycles. The van der Waals surface area contributed by atoms with E-state index < -0.39 is 17.7 Å². The van der Waals surface area contributed by atoms with Crippen LogP contribution in [0.5, 0.6) is 0 Å². The van der Waals surface area contributed by atoms with Gasteiger partial charge in [-0.2, -0.15) is 0 Å². The van der Waals surface area contributed by atoms with Crippen molar-refractivity contribution in [3.05, 3.63) is 12.2 Å². The number of ether oxygens (including phenoxy) is 1. The zero-order valence-corrected chi connectivity index (χ0v) is 11.2. The van der Waals surface area contributed by atoms with Gasteiger partial charge in [-0.05, 0) is 13.3 Å². The Hall–Kier alpha value is -1.65. The van der Waals surface area contributed by atoms with E-state index in [2.05, 4.69) is 5.32 Å². The first-order valence-corrected chi connectivity index (χ1v) is 6.23. The molecule has 5 nitrogen and oxygen atoms in total. The van der Waals surface area contributed by atoms with Crippen molar-refractivity contribution in [2.24, 2.45) is 0 Å². The van der Waals surface area contributed by atoms with Crippen molar-refractivity contribution in [3.63, 3.8) is 0 Å². The SMILES string of the molecule is CCC[C@@H](C=CC(=O)OCC)NC(=O)C(=O)CC. The maximum Gasteiger partial charge on any atom is 0.330 e. The molecule has 0 aromatic rings. The number of amides is 1. The van der Waals surface area contributed by atoms with E-state index >= 15 is 0 Å². The first kappa shape index (κ1) is 16.4. The zero-order valence-electron chi connectivity index (χ0n) is 11.2. The Balaban J connectivity index is 4.43. The summed E-state index contributed by atoms with van der Waals surface area (Å²) in [5, 5.41) is 2.58. The number of Topliss-reactive ketones (excluding diaryl/α,β-unsaturated/α-hetero) is 1. The van der Waals surface area contributed by atoms with Gasteiger partial charge in [-0.15, -0.1) is 0 Å². The molecule has 0 spiro atoms. The van der Waals surface area contributed by atoms with Gasteiger partial charge >= 0.3 is 5.97 Å².